The minimum atomic E-state index is -0.850. The van der Waals surface area contributed by atoms with Crippen molar-refractivity contribution in [2.24, 2.45) is 5.92 Å². The number of hydrogen-bond donors (Lipinski definition) is 0. The molecule has 0 N–H and O–H groups in total. The van der Waals surface area contributed by atoms with Crippen LogP contribution in [-0.2, 0) is 14.2 Å². The van der Waals surface area contributed by atoms with Gasteiger partial charge in [-0.05, 0) is 89.4 Å². The van der Waals surface area contributed by atoms with Gasteiger partial charge in [0.2, 0.25) is 0 Å². The molecule has 0 radical (unpaired) electrons. The van der Waals surface area contributed by atoms with E-state index in [1.807, 2.05) is 6.92 Å². The Morgan fingerprint density at radius 2 is 0.957 bits per heavy atom. The van der Waals surface area contributed by atoms with Crippen LogP contribution in [0.2, 0.25) is 0 Å². The predicted molar refractivity (Wildman–Crippen MR) is 207 cm³/mol. The van der Waals surface area contributed by atoms with Crippen molar-refractivity contribution in [2.45, 2.75) is 213 Å². The molecule has 1 saturated heterocycles. The maximum Gasteiger partial charge on any atom is 0.280 e. The highest BCUT2D eigenvalue weighted by molar-refractivity contribution is 4.93. The van der Waals surface area contributed by atoms with E-state index in [1.54, 1.807) is 0 Å². The van der Waals surface area contributed by atoms with Crippen LogP contribution in [0.3, 0.4) is 0 Å². The second-order valence-electron chi connectivity index (χ2n) is 14.2. The average molecular weight is 657 g/mol. The Labute approximate surface area is 294 Å². The Bertz CT molecular complexity index is 720. The standard InChI is InChI=1S/C44H80O3/c1-5-8-10-12-14-16-18-20-22-24-26-28-30-32-34-36-38-42(40-45-44(4)46-41-43(7-3)47-44)39-37-35-33-31-29-27-25-23-21-19-17-15-13-11-9-6-2/h14-17,20-23,42-43H,5-13,18-19,24-41H2,1-4H3/b16-14-,17-15-,22-20-,23-21-. The Morgan fingerprint density at radius 1 is 0.553 bits per heavy atom. The zero-order valence-electron chi connectivity index (χ0n) is 32.0. The Hall–Kier alpha value is -1.16. The van der Waals surface area contributed by atoms with Crippen molar-refractivity contribution in [2.75, 3.05) is 13.2 Å². The van der Waals surface area contributed by atoms with Gasteiger partial charge in [0.25, 0.3) is 5.97 Å². The zero-order chi connectivity index (χ0) is 33.9. The van der Waals surface area contributed by atoms with E-state index in [-0.39, 0.29) is 6.10 Å². The van der Waals surface area contributed by atoms with Gasteiger partial charge in [0.05, 0.1) is 19.3 Å². The van der Waals surface area contributed by atoms with Crippen LogP contribution in [0.25, 0.3) is 0 Å². The molecule has 3 heteroatoms. The smallest absolute Gasteiger partial charge is 0.280 e. The first-order valence-electron chi connectivity index (χ1n) is 20.7. The van der Waals surface area contributed by atoms with Crippen LogP contribution >= 0.6 is 0 Å². The molecule has 0 aromatic rings. The van der Waals surface area contributed by atoms with Crippen molar-refractivity contribution in [1.82, 2.24) is 0 Å². The normalized spacial score (nSPS) is 18.9. The van der Waals surface area contributed by atoms with E-state index in [0.29, 0.717) is 12.5 Å². The van der Waals surface area contributed by atoms with Gasteiger partial charge in [-0.15, -0.1) is 0 Å². The molecule has 0 aliphatic carbocycles. The second kappa shape index (κ2) is 33.3. The second-order valence-corrected chi connectivity index (χ2v) is 14.2. The third kappa shape index (κ3) is 28.4. The Balaban J connectivity index is 2.16. The van der Waals surface area contributed by atoms with Crippen LogP contribution in [0.15, 0.2) is 48.6 Å². The SMILES string of the molecule is CCCCC/C=C\C/C=C\CCCCCCCCC(CCCCCCCC/C=C\C/C=C\CCCCC)COC1(C)OCC(CC)O1. The van der Waals surface area contributed by atoms with E-state index < -0.39 is 5.97 Å². The van der Waals surface area contributed by atoms with E-state index in [9.17, 15) is 0 Å². The summed E-state index contributed by atoms with van der Waals surface area (Å²) >= 11 is 0. The molecule has 1 heterocycles. The summed E-state index contributed by atoms with van der Waals surface area (Å²) < 4.78 is 18.2. The Morgan fingerprint density at radius 3 is 1.36 bits per heavy atom. The van der Waals surface area contributed by atoms with Crippen LogP contribution in [-0.4, -0.2) is 25.3 Å². The van der Waals surface area contributed by atoms with Gasteiger partial charge in [0.1, 0.15) is 0 Å². The molecule has 0 saturated carbocycles. The van der Waals surface area contributed by atoms with Crippen molar-refractivity contribution >= 4 is 0 Å². The lowest BCUT2D eigenvalue weighted by Gasteiger charge is -2.26. The fraction of sp³-hybridized carbons (Fsp3) is 0.818. The summed E-state index contributed by atoms with van der Waals surface area (Å²) in [5.74, 6) is -0.242. The largest absolute Gasteiger partial charge is 0.327 e. The summed E-state index contributed by atoms with van der Waals surface area (Å²) in [7, 11) is 0. The van der Waals surface area contributed by atoms with Crippen LogP contribution in [0.5, 0.6) is 0 Å². The molecular formula is C44H80O3. The highest BCUT2D eigenvalue weighted by Gasteiger charge is 2.38. The molecule has 0 aromatic heterocycles. The van der Waals surface area contributed by atoms with Crippen LogP contribution in [0.4, 0.5) is 0 Å². The number of hydrogen-bond acceptors (Lipinski definition) is 3. The van der Waals surface area contributed by atoms with Gasteiger partial charge in [0.15, 0.2) is 0 Å². The minimum absolute atomic E-state index is 0.166. The molecule has 0 aromatic carbocycles. The molecule has 47 heavy (non-hydrogen) atoms. The number of unbranched alkanes of at least 4 members (excludes halogenated alkanes) is 18. The molecule has 1 aliphatic rings. The third-order valence-corrected chi connectivity index (χ3v) is 9.57. The molecule has 1 aliphatic heterocycles. The molecule has 2 atom stereocenters. The monoisotopic (exact) mass is 657 g/mol. The molecule has 0 amide bonds. The molecule has 274 valence electrons. The predicted octanol–water partition coefficient (Wildman–Crippen LogP) is 14.5. The molecule has 0 spiro atoms. The minimum Gasteiger partial charge on any atom is -0.327 e. The lowest BCUT2D eigenvalue weighted by atomic mass is 9.94. The van der Waals surface area contributed by atoms with Gasteiger partial charge in [-0.1, -0.05) is 159 Å². The lowest BCUT2D eigenvalue weighted by molar-refractivity contribution is -0.329. The quantitative estimate of drug-likeness (QED) is 0.0509. The molecule has 2 unspecified atom stereocenters. The van der Waals surface area contributed by atoms with E-state index in [2.05, 4.69) is 69.4 Å². The van der Waals surface area contributed by atoms with Crippen LogP contribution < -0.4 is 0 Å². The fourth-order valence-electron chi connectivity index (χ4n) is 6.31. The van der Waals surface area contributed by atoms with Crippen LogP contribution in [0, 0.1) is 5.92 Å². The van der Waals surface area contributed by atoms with Gasteiger partial charge in [-0.3, -0.25) is 0 Å². The van der Waals surface area contributed by atoms with Crippen molar-refractivity contribution in [1.29, 1.82) is 0 Å². The summed E-state index contributed by atoms with van der Waals surface area (Å²) in [6.45, 7) is 10.1. The van der Waals surface area contributed by atoms with Crippen LogP contribution in [0.1, 0.15) is 201 Å². The molecule has 1 rings (SSSR count). The van der Waals surface area contributed by atoms with Crippen molar-refractivity contribution in [3.05, 3.63) is 48.6 Å². The van der Waals surface area contributed by atoms with E-state index >= 15 is 0 Å². The van der Waals surface area contributed by atoms with Crippen molar-refractivity contribution < 1.29 is 14.2 Å². The van der Waals surface area contributed by atoms with Gasteiger partial charge in [-0.2, -0.15) is 0 Å². The Kier molecular flexibility index (Phi) is 31.1. The highest BCUT2D eigenvalue weighted by atomic mass is 16.9. The maximum atomic E-state index is 6.28. The van der Waals surface area contributed by atoms with E-state index in [1.165, 1.54) is 154 Å². The third-order valence-electron chi connectivity index (χ3n) is 9.57. The van der Waals surface area contributed by atoms with E-state index in [0.717, 1.165) is 25.9 Å². The van der Waals surface area contributed by atoms with E-state index in [4.69, 9.17) is 14.2 Å². The maximum absolute atomic E-state index is 6.28. The number of rotatable bonds is 34. The van der Waals surface area contributed by atoms with Gasteiger partial charge in [0, 0.05) is 6.92 Å². The van der Waals surface area contributed by atoms with Crippen molar-refractivity contribution in [3.63, 3.8) is 0 Å². The van der Waals surface area contributed by atoms with Gasteiger partial charge in [-0.25, -0.2) is 0 Å². The molecular weight excluding hydrogens is 576 g/mol. The fourth-order valence-corrected chi connectivity index (χ4v) is 6.31. The first kappa shape index (κ1) is 43.9. The summed E-state index contributed by atoms with van der Waals surface area (Å²) in [4.78, 5) is 0. The first-order valence-corrected chi connectivity index (χ1v) is 20.7. The summed E-state index contributed by atoms with van der Waals surface area (Å²) in [6, 6.07) is 0. The van der Waals surface area contributed by atoms with Gasteiger partial charge >= 0.3 is 0 Å². The molecule has 1 fully saturated rings. The summed E-state index contributed by atoms with van der Waals surface area (Å²) in [5.41, 5.74) is 0. The summed E-state index contributed by atoms with van der Waals surface area (Å²) in [6.07, 6.45) is 53.9. The number of allylic oxidation sites excluding steroid dienone is 8. The average Bonchev–Trinajstić information content (AvgIpc) is 3.47. The number of ether oxygens (including phenoxy) is 3. The molecule has 0 bridgehead atoms. The highest BCUT2D eigenvalue weighted by Crippen LogP contribution is 2.29. The van der Waals surface area contributed by atoms with Gasteiger partial charge < -0.3 is 14.2 Å². The zero-order valence-corrected chi connectivity index (χ0v) is 32.0. The molecule has 3 nitrogen and oxygen atoms in total. The summed E-state index contributed by atoms with van der Waals surface area (Å²) in [5, 5.41) is 0. The topological polar surface area (TPSA) is 27.7 Å². The van der Waals surface area contributed by atoms with Crippen molar-refractivity contribution in [3.8, 4) is 0 Å². The lowest BCUT2D eigenvalue weighted by Crippen LogP contribution is -2.32. The first-order chi connectivity index (χ1) is 23.1.